The molecule has 3 rings (SSSR count). The van der Waals surface area contributed by atoms with Crippen LogP contribution in [0.5, 0.6) is 0 Å². The van der Waals surface area contributed by atoms with Gasteiger partial charge in [-0.05, 0) is 43.9 Å². The zero-order chi connectivity index (χ0) is 23.2. The summed E-state index contributed by atoms with van der Waals surface area (Å²) in [7, 11) is -2.15. The number of Topliss-reactive ketones (excluding diaryl/α,β-unsaturated/α-hetero) is 1. The standard InChI is InChI=1S/C25H32N2O4S/c1-20(28)21-12-14-23(15-13-21)32(30,31)27(2)18-8-11-24(29)26-19-25(16-6-7-17-25)22-9-4-3-5-10-22/h3-5,9-10,12-15H,6-8,11,16-19H2,1-2H3,(H,26,29). The molecule has 1 aliphatic rings. The molecular formula is C25H32N2O4S. The minimum Gasteiger partial charge on any atom is -0.355 e. The third-order valence-electron chi connectivity index (χ3n) is 6.42. The maximum Gasteiger partial charge on any atom is 0.242 e. The molecule has 0 aromatic heterocycles. The first-order chi connectivity index (χ1) is 15.2. The van der Waals surface area contributed by atoms with Gasteiger partial charge in [0.25, 0.3) is 0 Å². The number of amides is 1. The molecule has 0 saturated heterocycles. The first-order valence-electron chi connectivity index (χ1n) is 11.1. The van der Waals surface area contributed by atoms with Crippen molar-refractivity contribution in [2.75, 3.05) is 20.1 Å². The molecule has 172 valence electrons. The van der Waals surface area contributed by atoms with Crippen LogP contribution in [0.2, 0.25) is 0 Å². The van der Waals surface area contributed by atoms with Crippen molar-refractivity contribution in [1.82, 2.24) is 9.62 Å². The summed E-state index contributed by atoms with van der Waals surface area (Å²) in [6.07, 6.45) is 5.18. The van der Waals surface area contributed by atoms with Crippen LogP contribution in [0.3, 0.4) is 0 Å². The van der Waals surface area contributed by atoms with Crippen LogP contribution < -0.4 is 5.32 Å². The van der Waals surface area contributed by atoms with Crippen molar-refractivity contribution in [3.63, 3.8) is 0 Å². The second-order valence-electron chi connectivity index (χ2n) is 8.64. The van der Waals surface area contributed by atoms with Crippen molar-refractivity contribution >= 4 is 21.7 Å². The molecule has 1 amide bonds. The lowest BCUT2D eigenvalue weighted by molar-refractivity contribution is -0.121. The molecule has 7 heteroatoms. The fourth-order valence-corrected chi connectivity index (χ4v) is 5.60. The zero-order valence-corrected chi connectivity index (χ0v) is 19.7. The number of nitrogens with zero attached hydrogens (tertiary/aromatic N) is 1. The number of carbonyl (C=O) groups excluding carboxylic acids is 2. The number of carbonyl (C=O) groups is 2. The fraction of sp³-hybridized carbons (Fsp3) is 0.440. The lowest BCUT2D eigenvalue weighted by atomic mass is 9.79. The molecule has 2 aromatic rings. The summed E-state index contributed by atoms with van der Waals surface area (Å²) in [5, 5.41) is 3.09. The Morgan fingerprint density at radius 3 is 2.22 bits per heavy atom. The summed E-state index contributed by atoms with van der Waals surface area (Å²) >= 11 is 0. The number of ketones is 1. The summed E-state index contributed by atoms with van der Waals surface area (Å²) < 4.78 is 26.7. The summed E-state index contributed by atoms with van der Waals surface area (Å²) in [4.78, 5) is 24.0. The quantitative estimate of drug-likeness (QED) is 0.549. The molecular weight excluding hydrogens is 424 g/mol. The van der Waals surface area contributed by atoms with Crippen molar-refractivity contribution in [2.45, 2.75) is 55.8 Å². The summed E-state index contributed by atoms with van der Waals surface area (Å²) in [6.45, 7) is 2.30. The molecule has 0 unspecified atom stereocenters. The van der Waals surface area contributed by atoms with Crippen molar-refractivity contribution < 1.29 is 18.0 Å². The van der Waals surface area contributed by atoms with Gasteiger partial charge < -0.3 is 5.32 Å². The number of nitrogens with one attached hydrogen (secondary N) is 1. The number of hydrogen-bond donors (Lipinski definition) is 1. The third-order valence-corrected chi connectivity index (χ3v) is 8.29. The Balaban J connectivity index is 1.50. The largest absolute Gasteiger partial charge is 0.355 e. The lowest BCUT2D eigenvalue weighted by Crippen LogP contribution is -2.39. The van der Waals surface area contributed by atoms with E-state index in [4.69, 9.17) is 0 Å². The summed E-state index contributed by atoms with van der Waals surface area (Å²) in [5.74, 6) is -0.163. The minimum atomic E-state index is -3.66. The molecule has 0 radical (unpaired) electrons. The van der Waals surface area contributed by atoms with Gasteiger partial charge in [-0.3, -0.25) is 9.59 Å². The Bertz CT molecular complexity index is 1030. The molecule has 32 heavy (non-hydrogen) atoms. The smallest absolute Gasteiger partial charge is 0.242 e. The highest BCUT2D eigenvalue weighted by atomic mass is 32.2. The highest BCUT2D eigenvalue weighted by Gasteiger charge is 2.35. The van der Waals surface area contributed by atoms with Crippen LogP contribution in [-0.2, 0) is 20.2 Å². The monoisotopic (exact) mass is 456 g/mol. The van der Waals surface area contributed by atoms with Crippen molar-refractivity contribution in [3.05, 3.63) is 65.7 Å². The minimum absolute atomic E-state index is 0.00306. The van der Waals surface area contributed by atoms with E-state index < -0.39 is 10.0 Å². The maximum absolute atomic E-state index is 12.7. The van der Waals surface area contributed by atoms with Crippen LogP contribution in [-0.4, -0.2) is 44.6 Å². The first-order valence-corrected chi connectivity index (χ1v) is 12.6. The average molecular weight is 457 g/mol. The number of sulfonamides is 1. The fourth-order valence-electron chi connectivity index (χ4n) is 4.39. The van der Waals surface area contributed by atoms with Crippen molar-refractivity contribution in [2.24, 2.45) is 0 Å². The Kier molecular flexibility index (Phi) is 7.85. The van der Waals surface area contributed by atoms with Crippen LogP contribution in [0.25, 0.3) is 0 Å². The number of rotatable bonds is 10. The van der Waals surface area contributed by atoms with Crippen LogP contribution in [0, 0.1) is 0 Å². The molecule has 1 N–H and O–H groups in total. The van der Waals surface area contributed by atoms with Gasteiger partial charge in [0.05, 0.1) is 4.90 Å². The predicted molar refractivity (Wildman–Crippen MR) is 125 cm³/mol. The van der Waals surface area contributed by atoms with E-state index in [0.717, 1.165) is 12.8 Å². The maximum atomic E-state index is 12.7. The molecule has 0 bridgehead atoms. The van der Waals surface area contributed by atoms with Crippen molar-refractivity contribution in [1.29, 1.82) is 0 Å². The highest BCUT2D eigenvalue weighted by Crippen LogP contribution is 2.40. The molecule has 0 aliphatic heterocycles. The molecule has 6 nitrogen and oxygen atoms in total. The van der Waals surface area contributed by atoms with Gasteiger partial charge in [0, 0.05) is 37.5 Å². The van der Waals surface area contributed by atoms with E-state index in [-0.39, 0.29) is 35.0 Å². The normalized spacial score (nSPS) is 15.6. The topological polar surface area (TPSA) is 83.6 Å². The molecule has 0 spiro atoms. The Morgan fingerprint density at radius 2 is 1.62 bits per heavy atom. The second kappa shape index (κ2) is 10.4. The lowest BCUT2D eigenvalue weighted by Gasteiger charge is -2.30. The van der Waals surface area contributed by atoms with E-state index in [9.17, 15) is 18.0 Å². The SMILES string of the molecule is CC(=O)c1ccc(S(=O)(=O)N(C)CCCC(=O)NCC2(c3ccccc3)CCCC2)cc1. The van der Waals surface area contributed by atoms with E-state index >= 15 is 0 Å². The Morgan fingerprint density at radius 1 is 1.00 bits per heavy atom. The highest BCUT2D eigenvalue weighted by molar-refractivity contribution is 7.89. The molecule has 0 atom stereocenters. The Labute approximate surface area is 191 Å². The molecule has 1 fully saturated rings. The summed E-state index contributed by atoms with van der Waals surface area (Å²) in [5.41, 5.74) is 1.75. The van der Waals surface area contributed by atoms with E-state index in [1.807, 2.05) is 18.2 Å². The van der Waals surface area contributed by atoms with Crippen LogP contribution in [0.1, 0.15) is 61.4 Å². The van der Waals surface area contributed by atoms with Crippen LogP contribution in [0.4, 0.5) is 0 Å². The molecule has 2 aromatic carbocycles. The van der Waals surface area contributed by atoms with Gasteiger partial charge in [0.15, 0.2) is 5.78 Å². The molecule has 1 aliphatic carbocycles. The van der Waals surface area contributed by atoms with E-state index in [1.54, 1.807) is 0 Å². The Hall–Kier alpha value is -2.51. The second-order valence-corrected chi connectivity index (χ2v) is 10.7. The van der Waals surface area contributed by atoms with Crippen molar-refractivity contribution in [3.8, 4) is 0 Å². The van der Waals surface area contributed by atoms with Crippen LogP contribution >= 0.6 is 0 Å². The van der Waals surface area contributed by atoms with Gasteiger partial charge in [-0.2, -0.15) is 0 Å². The third kappa shape index (κ3) is 5.64. The van der Waals surface area contributed by atoms with Gasteiger partial charge in [-0.1, -0.05) is 55.3 Å². The van der Waals surface area contributed by atoms with Gasteiger partial charge in [0.2, 0.25) is 15.9 Å². The average Bonchev–Trinajstić information content (AvgIpc) is 3.28. The van der Waals surface area contributed by atoms with E-state index in [0.29, 0.717) is 18.5 Å². The van der Waals surface area contributed by atoms with E-state index in [2.05, 4.69) is 17.4 Å². The van der Waals surface area contributed by atoms with Crippen LogP contribution in [0.15, 0.2) is 59.5 Å². The molecule has 0 heterocycles. The van der Waals surface area contributed by atoms with Gasteiger partial charge >= 0.3 is 0 Å². The summed E-state index contributed by atoms with van der Waals surface area (Å²) in [6, 6.07) is 16.3. The number of hydrogen-bond acceptors (Lipinski definition) is 4. The predicted octanol–water partition coefficient (Wildman–Crippen LogP) is 3.92. The molecule has 1 saturated carbocycles. The number of benzene rings is 2. The van der Waals surface area contributed by atoms with E-state index in [1.165, 1.54) is 60.9 Å². The van der Waals surface area contributed by atoms with Gasteiger partial charge in [-0.25, -0.2) is 12.7 Å². The van der Waals surface area contributed by atoms with Gasteiger partial charge in [-0.15, -0.1) is 0 Å². The van der Waals surface area contributed by atoms with Gasteiger partial charge in [0.1, 0.15) is 0 Å². The zero-order valence-electron chi connectivity index (χ0n) is 18.8. The first kappa shape index (κ1) is 24.1.